The fourth-order valence-corrected chi connectivity index (χ4v) is 6.58. The first-order chi connectivity index (χ1) is 18.6. The fraction of sp³-hybridized carbons (Fsp3) is 0.500. The van der Waals surface area contributed by atoms with Crippen LogP contribution in [0, 0.1) is 11.3 Å². The van der Waals surface area contributed by atoms with E-state index in [1.54, 1.807) is 18.2 Å². The summed E-state index contributed by atoms with van der Waals surface area (Å²) in [6.07, 6.45) is 3.42. The molecule has 3 aliphatic heterocycles. The zero-order valence-corrected chi connectivity index (χ0v) is 22.4. The molecule has 0 aromatic carbocycles. The number of rotatable bonds is 10. The number of nitrogens with zero attached hydrogens (tertiary/aromatic N) is 6. The molecule has 2 fully saturated rings. The Kier molecular flexibility index (Phi) is 8.51. The number of carboxylic acids is 1. The number of thioether (sulfide) groups is 1. The van der Waals surface area contributed by atoms with Crippen molar-refractivity contribution in [2.45, 2.75) is 30.0 Å². The minimum atomic E-state index is -1.28. The van der Waals surface area contributed by atoms with Gasteiger partial charge in [0, 0.05) is 23.7 Å². The Morgan fingerprint density at radius 3 is 2.87 bits per heavy atom. The normalized spacial score (nSPS) is 28.7. The van der Waals surface area contributed by atoms with E-state index in [0.717, 1.165) is 16.4 Å². The molecule has 1 aromatic heterocycles. The van der Waals surface area contributed by atoms with Crippen LogP contribution in [0.15, 0.2) is 28.6 Å². The van der Waals surface area contributed by atoms with E-state index >= 15 is 0 Å². The lowest BCUT2D eigenvalue weighted by Gasteiger charge is -2.49. The number of carboxylic acid groups (broad SMARTS) is 1. The molecule has 5 atom stereocenters. The Balaban J connectivity index is 1.48. The molecule has 6 N–H and O–H groups in total. The topological polar surface area (TPSA) is 224 Å². The lowest BCUT2D eigenvalue weighted by atomic mass is 10.0. The molecular weight excluding hydrogens is 552 g/mol. The number of oxime groups is 1. The van der Waals surface area contributed by atoms with Crippen molar-refractivity contribution in [1.29, 1.82) is 5.26 Å². The summed E-state index contributed by atoms with van der Waals surface area (Å²) in [5.41, 5.74) is 5.46. The number of allylic oxidation sites excluding steroid dienone is 1. The summed E-state index contributed by atoms with van der Waals surface area (Å²) in [6, 6.07) is 0.540. The molecule has 0 saturated carbocycles. The van der Waals surface area contributed by atoms with Gasteiger partial charge in [0.2, 0.25) is 18.1 Å². The Hall–Kier alpha value is -3.56. The summed E-state index contributed by atoms with van der Waals surface area (Å²) in [6.45, 7) is 0.428. The second-order valence-electron chi connectivity index (χ2n) is 9.34. The molecule has 1 unspecified atom stereocenters. The van der Waals surface area contributed by atoms with Crippen molar-refractivity contribution in [2.24, 2.45) is 5.16 Å². The lowest BCUT2D eigenvalue weighted by molar-refractivity contribution is -0.917. The maximum atomic E-state index is 13.0. The molecule has 17 heteroatoms. The zero-order valence-electron chi connectivity index (χ0n) is 20.8. The van der Waals surface area contributed by atoms with Crippen LogP contribution in [0.25, 0.3) is 0 Å². The molecule has 0 radical (unpaired) electrons. The van der Waals surface area contributed by atoms with Crippen LogP contribution in [0.5, 0.6) is 0 Å². The van der Waals surface area contributed by atoms with E-state index in [2.05, 4.69) is 19.8 Å². The summed E-state index contributed by atoms with van der Waals surface area (Å²) in [4.78, 5) is 47.9. The van der Waals surface area contributed by atoms with Gasteiger partial charge in [0.05, 0.1) is 20.2 Å². The number of hydrogen-bond acceptors (Lipinski definition) is 13. The number of carbonyl (C=O) groups excluding carboxylic acids is 2. The molecule has 208 valence electrons. The predicted molar refractivity (Wildman–Crippen MR) is 139 cm³/mol. The Morgan fingerprint density at radius 2 is 2.23 bits per heavy atom. The molecule has 2 amide bonds. The van der Waals surface area contributed by atoms with Gasteiger partial charge in [0.1, 0.15) is 41.9 Å². The maximum Gasteiger partial charge on any atom is 0.352 e. The fourth-order valence-electron chi connectivity index (χ4n) is 4.83. The standard InChI is InChI=1S/C22H26N8O7S2/c1-30(8-13(32)7-12(30)9-31)5-2-3-11-10-38-20-15(19(34)29(20)16(11)21(35)36)25-18(33)14(27-37-6-4-23)17-26-22(24)39-28-17/h2-3,12-13,15,20,31-32H,5-10H2,1H3,(H3-,24,25,26,28,33,35,36)/p+1/b3-2+,27-14-/t12-,13-,15-,20+,30?/m1/s1. The van der Waals surface area contributed by atoms with Crippen molar-refractivity contribution < 1.29 is 39.0 Å². The predicted octanol–water partition coefficient (Wildman–Crippen LogP) is -1.77. The largest absolute Gasteiger partial charge is 0.477 e. The molecule has 1 aromatic rings. The SMILES string of the molecule is C[N+]1(C/C=C/C2=C(C(=O)O)N3C(=O)[C@@H](NC(=O)/C(=N\OCC#N)c4nsc(N)n4)[C@@H]3SC2)C[C@H](O)C[C@@H]1CO. The maximum absolute atomic E-state index is 13.0. The first-order valence-corrected chi connectivity index (χ1v) is 13.6. The van der Waals surface area contributed by atoms with E-state index in [9.17, 15) is 29.7 Å². The number of hydrogen-bond donors (Lipinski definition) is 5. The van der Waals surface area contributed by atoms with Gasteiger partial charge in [-0.25, -0.2) is 4.79 Å². The van der Waals surface area contributed by atoms with Crippen LogP contribution in [0.1, 0.15) is 12.2 Å². The molecule has 0 aliphatic carbocycles. The van der Waals surface area contributed by atoms with Gasteiger partial charge in [-0.2, -0.15) is 14.6 Å². The number of fused-ring (bicyclic) bond motifs is 1. The van der Waals surface area contributed by atoms with Crippen molar-refractivity contribution in [3.8, 4) is 6.07 Å². The third kappa shape index (κ3) is 5.74. The van der Waals surface area contributed by atoms with E-state index in [4.69, 9.17) is 15.8 Å². The number of β-lactam (4-membered cyclic amide) rings is 1. The van der Waals surface area contributed by atoms with E-state index in [0.29, 0.717) is 29.6 Å². The van der Waals surface area contributed by atoms with Crippen molar-refractivity contribution in [1.82, 2.24) is 19.6 Å². The van der Waals surface area contributed by atoms with Gasteiger partial charge < -0.3 is 35.7 Å². The summed E-state index contributed by atoms with van der Waals surface area (Å²) in [5, 5.41) is 43.8. The number of aliphatic hydroxyl groups is 2. The molecule has 0 bridgehead atoms. The van der Waals surface area contributed by atoms with Gasteiger partial charge in [-0.15, -0.1) is 11.8 Å². The van der Waals surface area contributed by atoms with Gasteiger partial charge in [-0.1, -0.05) is 11.2 Å². The van der Waals surface area contributed by atoms with Crippen LogP contribution in [-0.2, 0) is 19.2 Å². The minimum Gasteiger partial charge on any atom is -0.477 e. The van der Waals surface area contributed by atoms with Crippen LogP contribution in [0.4, 0.5) is 5.13 Å². The van der Waals surface area contributed by atoms with Crippen LogP contribution in [-0.4, -0.2) is 120 Å². The molecular formula is C22H27N8O7S2+. The number of amides is 2. The Labute approximate surface area is 231 Å². The number of aromatic nitrogens is 2. The van der Waals surface area contributed by atoms with Crippen LogP contribution < -0.4 is 11.1 Å². The average molecular weight is 580 g/mol. The summed E-state index contributed by atoms with van der Waals surface area (Å²) in [7, 11) is 1.92. The van der Waals surface area contributed by atoms with Crippen molar-refractivity contribution in [3.63, 3.8) is 0 Å². The monoisotopic (exact) mass is 579 g/mol. The number of nitrogen functional groups attached to an aromatic ring is 1. The summed E-state index contributed by atoms with van der Waals surface area (Å²) < 4.78 is 4.33. The highest BCUT2D eigenvalue weighted by Gasteiger charge is 2.54. The second kappa shape index (κ2) is 11.7. The molecule has 3 aliphatic rings. The smallest absolute Gasteiger partial charge is 0.352 e. The number of nitrogens with one attached hydrogen (secondary N) is 1. The number of nitriles is 1. The van der Waals surface area contributed by atoms with E-state index < -0.39 is 41.9 Å². The highest BCUT2D eigenvalue weighted by atomic mass is 32.2. The average Bonchev–Trinajstić information content (AvgIpc) is 3.45. The van der Waals surface area contributed by atoms with Gasteiger partial charge >= 0.3 is 5.97 Å². The minimum absolute atomic E-state index is 0.0693. The zero-order chi connectivity index (χ0) is 28.3. The Bertz CT molecular complexity index is 1290. The number of likely N-dealkylation sites (tertiary alicyclic amines) is 1. The molecule has 4 heterocycles. The van der Waals surface area contributed by atoms with Gasteiger partial charge in [0.25, 0.3) is 11.8 Å². The van der Waals surface area contributed by atoms with E-state index in [-0.39, 0.29) is 40.8 Å². The first-order valence-electron chi connectivity index (χ1n) is 11.8. The first kappa shape index (κ1) is 28.4. The van der Waals surface area contributed by atoms with Crippen LogP contribution in [0.2, 0.25) is 0 Å². The third-order valence-electron chi connectivity index (χ3n) is 6.75. The van der Waals surface area contributed by atoms with Gasteiger partial charge in [-0.05, 0) is 11.6 Å². The second-order valence-corrected chi connectivity index (χ2v) is 11.2. The number of aliphatic carboxylic acids is 1. The molecule has 15 nitrogen and oxygen atoms in total. The molecule has 2 saturated heterocycles. The van der Waals surface area contributed by atoms with Gasteiger partial charge in [-0.3, -0.25) is 14.5 Å². The lowest BCUT2D eigenvalue weighted by Crippen LogP contribution is -2.71. The number of nitrogens with two attached hydrogens (primary N) is 1. The summed E-state index contributed by atoms with van der Waals surface area (Å²) in [5.74, 6) is -2.62. The highest BCUT2D eigenvalue weighted by molar-refractivity contribution is 8.00. The number of anilines is 1. The summed E-state index contributed by atoms with van der Waals surface area (Å²) >= 11 is 2.10. The van der Waals surface area contributed by atoms with Crippen molar-refractivity contribution >= 4 is 51.9 Å². The highest BCUT2D eigenvalue weighted by Crippen LogP contribution is 2.40. The van der Waals surface area contributed by atoms with Gasteiger partial charge in [0.15, 0.2) is 5.13 Å². The van der Waals surface area contributed by atoms with Crippen molar-refractivity contribution in [3.05, 3.63) is 29.2 Å². The quantitative estimate of drug-likeness (QED) is 0.0683. The third-order valence-corrected chi connectivity index (χ3v) is 8.59. The number of likely N-dealkylation sites (N-methyl/N-ethyl adjacent to an activating group) is 1. The van der Waals surface area contributed by atoms with E-state index in [1.165, 1.54) is 11.8 Å². The number of carbonyl (C=O) groups is 3. The molecule has 39 heavy (non-hydrogen) atoms. The Morgan fingerprint density at radius 1 is 1.46 bits per heavy atom. The molecule has 4 rings (SSSR count). The van der Waals surface area contributed by atoms with Crippen molar-refractivity contribution in [2.75, 3.05) is 44.8 Å². The number of quaternary nitrogens is 1. The van der Waals surface area contributed by atoms with Crippen LogP contribution >= 0.6 is 23.3 Å². The molecule has 0 spiro atoms. The van der Waals surface area contributed by atoms with E-state index in [1.807, 2.05) is 7.05 Å². The van der Waals surface area contributed by atoms with Crippen LogP contribution in [0.3, 0.4) is 0 Å². The number of aliphatic hydroxyl groups excluding tert-OH is 2.